The first-order chi connectivity index (χ1) is 5.97. The molecule has 0 radical (unpaired) electrons. The van der Waals surface area contributed by atoms with Crippen LogP contribution in [-0.2, 0) is 4.74 Å². The van der Waals surface area contributed by atoms with Crippen LogP contribution in [0.1, 0.15) is 12.8 Å². The maximum absolute atomic E-state index is 5.61. The third kappa shape index (κ3) is 3.72. The minimum atomic E-state index is -0.948. The number of ether oxygens (including phenoxy) is 1. The van der Waals surface area contributed by atoms with Crippen LogP contribution in [0.5, 0.6) is 0 Å². The van der Waals surface area contributed by atoms with E-state index < -0.39 is 8.07 Å². The Hall–Kier alpha value is 0.657. The van der Waals surface area contributed by atoms with Gasteiger partial charge in [0.05, 0.1) is 6.61 Å². The zero-order valence-electron chi connectivity index (χ0n) is 9.03. The van der Waals surface area contributed by atoms with E-state index in [4.69, 9.17) is 4.74 Å². The summed E-state index contributed by atoms with van der Waals surface area (Å²) in [6, 6.07) is 1.39. The molecule has 0 aromatic rings. The third-order valence-electron chi connectivity index (χ3n) is 2.59. The van der Waals surface area contributed by atoms with Crippen molar-refractivity contribution in [2.45, 2.75) is 38.5 Å². The summed E-state index contributed by atoms with van der Waals surface area (Å²) in [6.07, 6.45) is 2.60. The van der Waals surface area contributed by atoms with Gasteiger partial charge in [-0.25, -0.2) is 0 Å². The van der Waals surface area contributed by atoms with Crippen molar-refractivity contribution in [1.82, 2.24) is 0 Å². The van der Waals surface area contributed by atoms with Crippen molar-refractivity contribution >= 4 is 24.0 Å². The van der Waals surface area contributed by atoms with E-state index in [0.717, 1.165) is 18.5 Å². The van der Waals surface area contributed by atoms with Crippen LogP contribution in [0.3, 0.4) is 0 Å². The molecule has 1 atom stereocenters. The average Bonchev–Trinajstić information content (AvgIpc) is 2.03. The second-order valence-corrected chi connectivity index (χ2v) is 11.6. The lowest BCUT2D eigenvalue weighted by molar-refractivity contribution is 0.0152. The Kier molecular flexibility index (Phi) is 4.02. The Morgan fingerprint density at radius 1 is 1.38 bits per heavy atom. The predicted octanol–water partition coefficient (Wildman–Crippen LogP) is 3.52. The highest BCUT2D eigenvalue weighted by Crippen LogP contribution is 2.38. The van der Waals surface area contributed by atoms with Crippen LogP contribution in [-0.4, -0.2) is 26.6 Å². The van der Waals surface area contributed by atoms with Gasteiger partial charge < -0.3 is 4.74 Å². The smallest absolute Gasteiger partial charge is 0.0527 e. The minimum absolute atomic E-state index is 0.461. The summed E-state index contributed by atoms with van der Waals surface area (Å²) in [5.41, 5.74) is 0.461. The Balaban J connectivity index is 2.57. The predicted molar refractivity (Wildman–Crippen MR) is 64.4 cm³/mol. The van der Waals surface area contributed by atoms with E-state index in [1.807, 2.05) is 0 Å². The zero-order valence-corrected chi connectivity index (χ0v) is 11.6. The molecule has 0 N–H and O–H groups in total. The molecule has 3 heteroatoms. The standard InChI is InChI=1S/C10H21BrOSi/c1-13(2,3)9-10(7-11)5-4-6-12-8-10/h4-9H2,1-3H3. The van der Waals surface area contributed by atoms with Gasteiger partial charge >= 0.3 is 0 Å². The summed E-state index contributed by atoms with van der Waals surface area (Å²) < 4.78 is 5.61. The van der Waals surface area contributed by atoms with Crippen molar-refractivity contribution in [2.75, 3.05) is 18.5 Å². The van der Waals surface area contributed by atoms with Crippen LogP contribution in [0.25, 0.3) is 0 Å². The van der Waals surface area contributed by atoms with Gasteiger partial charge in [-0.3, -0.25) is 0 Å². The summed E-state index contributed by atoms with van der Waals surface area (Å²) in [7, 11) is -0.948. The van der Waals surface area contributed by atoms with Gasteiger partial charge in [0.1, 0.15) is 0 Å². The maximum atomic E-state index is 5.61. The number of rotatable bonds is 3. The molecule has 13 heavy (non-hydrogen) atoms. The molecule has 0 aromatic heterocycles. The van der Waals surface area contributed by atoms with Gasteiger partial charge in [-0.2, -0.15) is 0 Å². The molecule has 1 saturated heterocycles. The van der Waals surface area contributed by atoms with Crippen molar-refractivity contribution < 1.29 is 4.74 Å². The Bertz CT molecular complexity index is 159. The van der Waals surface area contributed by atoms with Gasteiger partial charge in [-0.15, -0.1) is 0 Å². The Labute approximate surface area is 91.4 Å². The van der Waals surface area contributed by atoms with E-state index in [1.54, 1.807) is 0 Å². The highest BCUT2D eigenvalue weighted by atomic mass is 79.9. The molecule has 0 amide bonds. The molecule has 0 saturated carbocycles. The van der Waals surface area contributed by atoms with E-state index in [1.165, 1.54) is 18.9 Å². The average molecular weight is 265 g/mol. The van der Waals surface area contributed by atoms with Gasteiger partial charge in [0.25, 0.3) is 0 Å². The van der Waals surface area contributed by atoms with Gasteiger partial charge in [0.2, 0.25) is 0 Å². The van der Waals surface area contributed by atoms with Crippen molar-refractivity contribution in [3.05, 3.63) is 0 Å². The van der Waals surface area contributed by atoms with E-state index in [-0.39, 0.29) is 0 Å². The van der Waals surface area contributed by atoms with Gasteiger partial charge in [0, 0.05) is 25.4 Å². The number of hydrogen-bond acceptors (Lipinski definition) is 1. The van der Waals surface area contributed by atoms with Gasteiger partial charge in [0.15, 0.2) is 0 Å². The second kappa shape index (κ2) is 4.45. The van der Waals surface area contributed by atoms with Crippen LogP contribution in [0.2, 0.25) is 25.7 Å². The van der Waals surface area contributed by atoms with E-state index in [2.05, 4.69) is 35.6 Å². The lowest BCUT2D eigenvalue weighted by Crippen LogP contribution is -2.40. The van der Waals surface area contributed by atoms with E-state index in [9.17, 15) is 0 Å². The SMILES string of the molecule is C[Si](C)(C)CC1(CBr)CCCOC1. The second-order valence-electron chi connectivity index (χ2n) is 5.53. The van der Waals surface area contributed by atoms with Crippen LogP contribution in [0, 0.1) is 5.41 Å². The molecule has 1 heterocycles. The Morgan fingerprint density at radius 3 is 2.46 bits per heavy atom. The monoisotopic (exact) mass is 264 g/mol. The normalized spacial score (nSPS) is 30.5. The zero-order chi connectivity index (χ0) is 9.95. The van der Waals surface area contributed by atoms with Crippen molar-refractivity contribution in [3.63, 3.8) is 0 Å². The van der Waals surface area contributed by atoms with Crippen molar-refractivity contribution in [1.29, 1.82) is 0 Å². The first kappa shape index (κ1) is 11.7. The summed E-state index contributed by atoms with van der Waals surface area (Å²) in [4.78, 5) is 0. The summed E-state index contributed by atoms with van der Waals surface area (Å²) in [5.74, 6) is 0. The topological polar surface area (TPSA) is 9.23 Å². The fourth-order valence-electron chi connectivity index (χ4n) is 2.33. The molecule has 1 nitrogen and oxygen atoms in total. The van der Waals surface area contributed by atoms with Crippen LogP contribution < -0.4 is 0 Å². The molecule has 0 aliphatic carbocycles. The fraction of sp³-hybridized carbons (Fsp3) is 1.00. The summed E-state index contributed by atoms with van der Waals surface area (Å²) in [5, 5.41) is 1.12. The molecule has 1 aliphatic heterocycles. The van der Waals surface area contributed by atoms with Crippen LogP contribution in [0.4, 0.5) is 0 Å². The van der Waals surface area contributed by atoms with E-state index in [0.29, 0.717) is 5.41 Å². The molecule has 1 rings (SSSR count). The summed E-state index contributed by atoms with van der Waals surface area (Å²) >= 11 is 3.66. The minimum Gasteiger partial charge on any atom is -0.381 e. The quantitative estimate of drug-likeness (QED) is 0.560. The Morgan fingerprint density at radius 2 is 2.08 bits per heavy atom. The van der Waals surface area contributed by atoms with Crippen LogP contribution >= 0.6 is 15.9 Å². The highest BCUT2D eigenvalue weighted by molar-refractivity contribution is 9.09. The molecule has 78 valence electrons. The third-order valence-corrected chi connectivity index (χ3v) is 5.59. The number of halogens is 1. The molecule has 1 aliphatic rings. The molecule has 0 bridgehead atoms. The van der Waals surface area contributed by atoms with E-state index >= 15 is 0 Å². The first-order valence-electron chi connectivity index (χ1n) is 5.11. The highest BCUT2D eigenvalue weighted by Gasteiger charge is 2.36. The summed E-state index contributed by atoms with van der Waals surface area (Å²) in [6.45, 7) is 9.30. The molecule has 1 unspecified atom stereocenters. The van der Waals surface area contributed by atoms with Crippen LogP contribution in [0.15, 0.2) is 0 Å². The maximum Gasteiger partial charge on any atom is 0.0527 e. The number of alkyl halides is 1. The molecule has 0 spiro atoms. The molecular formula is C10H21BrOSi. The van der Waals surface area contributed by atoms with Gasteiger partial charge in [-0.1, -0.05) is 35.6 Å². The van der Waals surface area contributed by atoms with Gasteiger partial charge in [-0.05, 0) is 18.9 Å². The molecule has 0 aromatic carbocycles. The first-order valence-corrected chi connectivity index (χ1v) is 9.94. The number of hydrogen-bond donors (Lipinski definition) is 0. The molecular weight excluding hydrogens is 244 g/mol. The lowest BCUT2D eigenvalue weighted by Gasteiger charge is -2.39. The molecule has 1 fully saturated rings. The van der Waals surface area contributed by atoms with Crippen molar-refractivity contribution in [3.8, 4) is 0 Å². The fourth-order valence-corrected chi connectivity index (χ4v) is 5.99. The van der Waals surface area contributed by atoms with Crippen molar-refractivity contribution in [2.24, 2.45) is 5.41 Å². The largest absolute Gasteiger partial charge is 0.381 e. The lowest BCUT2D eigenvalue weighted by atomic mass is 9.87.